The number of hydrogen-bond acceptors (Lipinski definition) is 3. The van der Waals surface area contributed by atoms with E-state index in [9.17, 15) is 14.0 Å². The first-order valence-corrected chi connectivity index (χ1v) is 5.49. The Balaban J connectivity index is 2.67. The highest BCUT2D eigenvalue weighted by Crippen LogP contribution is 2.20. The van der Waals surface area contributed by atoms with E-state index in [2.05, 4.69) is 21.2 Å². The fourth-order valence-electron chi connectivity index (χ4n) is 1.12. The van der Waals surface area contributed by atoms with Crippen molar-refractivity contribution in [3.8, 4) is 0 Å². The fourth-order valence-corrected chi connectivity index (χ4v) is 1.50. The monoisotopic (exact) mass is 303 g/mol. The van der Waals surface area contributed by atoms with Crippen molar-refractivity contribution < 1.29 is 14.0 Å². The van der Waals surface area contributed by atoms with Gasteiger partial charge in [-0.15, -0.1) is 0 Å². The van der Waals surface area contributed by atoms with Crippen LogP contribution in [-0.4, -0.2) is 17.9 Å². The Bertz CT molecular complexity index is 453. The highest BCUT2D eigenvalue weighted by atomic mass is 79.9. The Morgan fingerprint density at radius 2 is 2.12 bits per heavy atom. The molecule has 1 unspecified atom stereocenters. The Labute approximate surface area is 105 Å². The van der Waals surface area contributed by atoms with Crippen LogP contribution in [0.4, 0.5) is 10.1 Å². The van der Waals surface area contributed by atoms with E-state index < -0.39 is 23.7 Å². The van der Waals surface area contributed by atoms with Crippen LogP contribution in [0.25, 0.3) is 0 Å². The number of amides is 2. The van der Waals surface area contributed by atoms with Gasteiger partial charge >= 0.3 is 0 Å². The first-order valence-electron chi connectivity index (χ1n) is 4.70. The molecular formula is C10H11BrFN3O2. The summed E-state index contributed by atoms with van der Waals surface area (Å²) < 4.78 is 13.1. The summed E-state index contributed by atoms with van der Waals surface area (Å²) in [4.78, 5) is 22.1. The molecule has 5 N–H and O–H groups in total. The summed E-state index contributed by atoms with van der Waals surface area (Å²) in [6, 6.07) is 2.95. The first kappa shape index (κ1) is 13.6. The van der Waals surface area contributed by atoms with Crippen LogP contribution in [0, 0.1) is 5.82 Å². The molecule has 1 aromatic carbocycles. The van der Waals surface area contributed by atoms with Crippen LogP contribution in [0.1, 0.15) is 6.42 Å². The van der Waals surface area contributed by atoms with Gasteiger partial charge in [-0.2, -0.15) is 0 Å². The minimum absolute atomic E-state index is 0.221. The van der Waals surface area contributed by atoms with Crippen LogP contribution in [-0.2, 0) is 9.59 Å². The molecule has 7 heteroatoms. The van der Waals surface area contributed by atoms with Gasteiger partial charge in [0.05, 0.1) is 16.9 Å². The highest BCUT2D eigenvalue weighted by molar-refractivity contribution is 9.10. The Morgan fingerprint density at radius 1 is 1.47 bits per heavy atom. The molecule has 1 rings (SSSR count). The molecule has 0 saturated heterocycles. The van der Waals surface area contributed by atoms with Gasteiger partial charge in [0, 0.05) is 5.69 Å². The Hall–Kier alpha value is -1.47. The van der Waals surface area contributed by atoms with Crippen LogP contribution < -0.4 is 16.8 Å². The third kappa shape index (κ3) is 4.12. The standard InChI is InChI=1S/C10H11BrFN3O2/c11-6-3-5(1-2-7(6)12)15-10(17)8(13)4-9(14)16/h1-3,8H,4,13H2,(H2,14,16)(H,15,17). The minimum Gasteiger partial charge on any atom is -0.370 e. The van der Waals surface area contributed by atoms with E-state index in [4.69, 9.17) is 11.5 Å². The zero-order valence-electron chi connectivity index (χ0n) is 8.74. The second-order valence-electron chi connectivity index (χ2n) is 3.40. The van der Waals surface area contributed by atoms with Gasteiger partial charge in [0.2, 0.25) is 11.8 Å². The topological polar surface area (TPSA) is 98.2 Å². The van der Waals surface area contributed by atoms with E-state index in [1.54, 1.807) is 0 Å². The molecule has 1 atom stereocenters. The summed E-state index contributed by atoms with van der Waals surface area (Å²) in [6.45, 7) is 0. The molecule has 2 amide bonds. The summed E-state index contributed by atoms with van der Waals surface area (Å²) in [5, 5.41) is 2.45. The van der Waals surface area contributed by atoms with E-state index in [0.717, 1.165) is 0 Å². The average molecular weight is 304 g/mol. The Kier molecular flexibility index (Phi) is 4.59. The van der Waals surface area contributed by atoms with Gasteiger partial charge in [-0.3, -0.25) is 9.59 Å². The van der Waals surface area contributed by atoms with E-state index in [1.807, 2.05) is 0 Å². The Morgan fingerprint density at radius 3 is 2.65 bits per heavy atom. The summed E-state index contributed by atoms with van der Waals surface area (Å²) >= 11 is 2.98. The van der Waals surface area contributed by atoms with Crippen LogP contribution in [0.15, 0.2) is 22.7 Å². The zero-order valence-corrected chi connectivity index (χ0v) is 10.3. The molecule has 0 saturated carbocycles. The predicted molar refractivity (Wildman–Crippen MR) is 64.5 cm³/mol. The number of nitrogens with two attached hydrogens (primary N) is 2. The average Bonchev–Trinajstić information content (AvgIpc) is 2.22. The third-order valence-electron chi connectivity index (χ3n) is 1.95. The quantitative estimate of drug-likeness (QED) is 0.764. The number of nitrogens with one attached hydrogen (secondary N) is 1. The smallest absolute Gasteiger partial charge is 0.241 e. The molecule has 0 aliphatic heterocycles. The molecule has 0 fully saturated rings. The van der Waals surface area contributed by atoms with E-state index in [-0.39, 0.29) is 10.9 Å². The molecule has 0 spiro atoms. The number of carbonyl (C=O) groups excluding carboxylic acids is 2. The lowest BCUT2D eigenvalue weighted by Gasteiger charge is -2.10. The first-order chi connectivity index (χ1) is 7.90. The van der Waals surface area contributed by atoms with Crippen molar-refractivity contribution >= 4 is 33.4 Å². The second kappa shape index (κ2) is 5.74. The molecule has 0 heterocycles. The van der Waals surface area contributed by atoms with Gasteiger partial charge in [0.1, 0.15) is 5.82 Å². The van der Waals surface area contributed by atoms with E-state index in [0.29, 0.717) is 5.69 Å². The molecule has 1 aromatic rings. The number of primary amides is 1. The molecular weight excluding hydrogens is 293 g/mol. The molecule has 0 aliphatic carbocycles. The van der Waals surface area contributed by atoms with Crippen molar-refractivity contribution in [3.05, 3.63) is 28.5 Å². The van der Waals surface area contributed by atoms with Gasteiger partial charge in [0.25, 0.3) is 0 Å². The van der Waals surface area contributed by atoms with Crippen LogP contribution in [0.3, 0.4) is 0 Å². The summed E-state index contributed by atoms with van der Waals surface area (Å²) in [5.74, 6) is -1.65. The largest absolute Gasteiger partial charge is 0.370 e. The van der Waals surface area contributed by atoms with Crippen LogP contribution in [0.5, 0.6) is 0 Å². The number of rotatable bonds is 4. The fraction of sp³-hybridized carbons (Fsp3) is 0.200. The lowest BCUT2D eigenvalue weighted by molar-refractivity contribution is -0.123. The normalized spacial score (nSPS) is 11.9. The molecule has 0 bridgehead atoms. The summed E-state index contributed by atoms with van der Waals surface area (Å²) in [6.07, 6.45) is -0.242. The lowest BCUT2D eigenvalue weighted by Crippen LogP contribution is -2.38. The maximum Gasteiger partial charge on any atom is 0.241 e. The van der Waals surface area contributed by atoms with Gasteiger partial charge in [-0.1, -0.05) is 0 Å². The van der Waals surface area contributed by atoms with Crippen molar-refractivity contribution in [1.29, 1.82) is 0 Å². The minimum atomic E-state index is -1.02. The highest BCUT2D eigenvalue weighted by Gasteiger charge is 2.16. The van der Waals surface area contributed by atoms with Crippen LogP contribution in [0.2, 0.25) is 0 Å². The number of carbonyl (C=O) groups is 2. The van der Waals surface area contributed by atoms with Gasteiger partial charge < -0.3 is 16.8 Å². The molecule has 17 heavy (non-hydrogen) atoms. The number of halogens is 2. The van der Waals surface area contributed by atoms with Crippen molar-refractivity contribution in [2.24, 2.45) is 11.5 Å². The van der Waals surface area contributed by atoms with Crippen molar-refractivity contribution in [2.45, 2.75) is 12.5 Å². The number of benzene rings is 1. The van der Waals surface area contributed by atoms with E-state index >= 15 is 0 Å². The van der Waals surface area contributed by atoms with Crippen molar-refractivity contribution in [1.82, 2.24) is 0 Å². The predicted octanol–water partition coefficient (Wildman–Crippen LogP) is 0.729. The SMILES string of the molecule is NC(=O)CC(N)C(=O)Nc1ccc(F)c(Br)c1. The zero-order chi connectivity index (χ0) is 13.0. The lowest BCUT2D eigenvalue weighted by atomic mass is 10.2. The summed E-state index contributed by atoms with van der Waals surface area (Å²) in [7, 11) is 0. The maximum atomic E-state index is 12.9. The van der Waals surface area contributed by atoms with Crippen molar-refractivity contribution in [2.75, 3.05) is 5.32 Å². The summed E-state index contributed by atoms with van der Waals surface area (Å²) in [5.41, 5.74) is 10.7. The number of anilines is 1. The van der Waals surface area contributed by atoms with Crippen molar-refractivity contribution in [3.63, 3.8) is 0 Å². The number of hydrogen-bond donors (Lipinski definition) is 3. The molecule has 0 radical (unpaired) electrons. The van der Waals surface area contributed by atoms with E-state index in [1.165, 1.54) is 18.2 Å². The second-order valence-corrected chi connectivity index (χ2v) is 4.25. The van der Waals surface area contributed by atoms with Crippen LogP contribution >= 0.6 is 15.9 Å². The van der Waals surface area contributed by atoms with Gasteiger partial charge in [-0.05, 0) is 34.1 Å². The third-order valence-corrected chi connectivity index (χ3v) is 2.55. The molecule has 0 aliphatic rings. The van der Waals surface area contributed by atoms with Gasteiger partial charge in [0.15, 0.2) is 0 Å². The molecule has 92 valence electrons. The van der Waals surface area contributed by atoms with Gasteiger partial charge in [-0.25, -0.2) is 4.39 Å². The molecule has 0 aromatic heterocycles. The molecule has 5 nitrogen and oxygen atoms in total. The maximum absolute atomic E-state index is 12.9.